The highest BCUT2D eigenvalue weighted by Gasteiger charge is 2.55. The van der Waals surface area contributed by atoms with Gasteiger partial charge in [-0.1, -0.05) is 202 Å². The summed E-state index contributed by atoms with van der Waals surface area (Å²) in [5, 5.41) is 0. The summed E-state index contributed by atoms with van der Waals surface area (Å²) in [6.45, 7) is 9.62. The van der Waals surface area contributed by atoms with E-state index in [0.29, 0.717) is 11.8 Å². The molecule has 1 nitrogen and oxygen atoms in total. The van der Waals surface area contributed by atoms with Crippen molar-refractivity contribution in [2.24, 2.45) is 0 Å². The van der Waals surface area contributed by atoms with Crippen molar-refractivity contribution in [3.05, 3.63) is 209 Å². The monoisotopic (exact) mass is 730 g/mol. The zero-order chi connectivity index (χ0) is 36.6. The summed E-state index contributed by atoms with van der Waals surface area (Å²) < 4.78 is 0. The van der Waals surface area contributed by atoms with Crippen LogP contribution in [0.3, 0.4) is 0 Å². The first-order chi connectivity index (χ1) is 26.5. The Labute approximate surface area is 329 Å². The molecule has 4 heteroatoms. The standard InChI is InChI=1S/C50H41BNS2/c1-32(2)37-23-17-24-38(33(3)4)49(37)52-48(39-22-11-12-25-40(39)50(52,35-18-7-5-8-19-35)36-20-9-6-10-21-36)34-30-45-47-46(31-34)54-44-29-16-14-27-42(44)51(47)41-26-13-15-28-43(41)53-45/h5-33H,1-4H3. The van der Waals surface area contributed by atoms with E-state index in [1.807, 2.05) is 23.5 Å². The molecule has 0 spiro atoms. The van der Waals surface area contributed by atoms with Crippen LogP contribution in [0.25, 0.3) is 0 Å². The molecule has 261 valence electrons. The predicted molar refractivity (Wildman–Crippen MR) is 230 cm³/mol. The van der Waals surface area contributed by atoms with E-state index in [4.69, 9.17) is 0 Å². The smallest absolute Gasteiger partial charge is 0.247 e. The Balaban J connectivity index is 1.32. The van der Waals surface area contributed by atoms with Crippen molar-refractivity contribution < 1.29 is 0 Å². The van der Waals surface area contributed by atoms with Crippen molar-refractivity contribution in [1.29, 1.82) is 0 Å². The summed E-state index contributed by atoms with van der Waals surface area (Å²) >= 11 is 3.88. The molecule has 3 aliphatic heterocycles. The molecule has 0 aromatic heterocycles. The second kappa shape index (κ2) is 13.1. The topological polar surface area (TPSA) is 3.24 Å². The second-order valence-electron chi connectivity index (χ2n) is 15.4. The average molecular weight is 731 g/mol. The van der Waals surface area contributed by atoms with E-state index in [2.05, 4.69) is 196 Å². The number of para-hydroxylation sites is 1. The highest BCUT2D eigenvalue weighted by Crippen LogP contribution is 2.59. The van der Waals surface area contributed by atoms with Crippen LogP contribution in [0.1, 0.15) is 78.5 Å². The summed E-state index contributed by atoms with van der Waals surface area (Å²) in [4.78, 5) is 8.20. The van der Waals surface area contributed by atoms with Crippen LogP contribution in [-0.4, -0.2) is 6.71 Å². The predicted octanol–water partition coefficient (Wildman–Crippen LogP) is 11.1. The van der Waals surface area contributed by atoms with E-state index < -0.39 is 5.54 Å². The zero-order valence-electron chi connectivity index (χ0n) is 31.1. The van der Waals surface area contributed by atoms with E-state index in [1.165, 1.54) is 86.6 Å². The third kappa shape index (κ3) is 4.96. The number of hydrogen-bond acceptors (Lipinski definition) is 3. The van der Waals surface area contributed by atoms with Gasteiger partial charge in [-0.2, -0.15) is 0 Å². The van der Waals surface area contributed by atoms with E-state index in [9.17, 15) is 0 Å². The largest absolute Gasteiger partial charge is 0.336 e. The van der Waals surface area contributed by atoms with E-state index in [1.54, 1.807) is 0 Å². The molecule has 0 unspecified atom stereocenters. The van der Waals surface area contributed by atoms with Crippen LogP contribution in [0.15, 0.2) is 183 Å². The van der Waals surface area contributed by atoms with Gasteiger partial charge in [-0.3, -0.25) is 0 Å². The minimum Gasteiger partial charge on any atom is -0.336 e. The summed E-state index contributed by atoms with van der Waals surface area (Å²) in [6, 6.07) is 63.2. The van der Waals surface area contributed by atoms with Crippen LogP contribution in [0.2, 0.25) is 0 Å². The fourth-order valence-electron chi connectivity index (χ4n) is 9.37. The Kier molecular flexibility index (Phi) is 8.19. The van der Waals surface area contributed by atoms with Crippen molar-refractivity contribution in [2.75, 3.05) is 4.90 Å². The lowest BCUT2D eigenvalue weighted by Crippen LogP contribution is -2.58. The van der Waals surface area contributed by atoms with Gasteiger partial charge < -0.3 is 4.90 Å². The third-order valence-corrected chi connectivity index (χ3v) is 13.9. The molecule has 0 saturated heterocycles. The fourth-order valence-corrected chi connectivity index (χ4v) is 11.9. The van der Waals surface area contributed by atoms with Crippen molar-refractivity contribution in [1.82, 2.24) is 0 Å². The minimum absolute atomic E-state index is 0.220. The molecule has 1 radical (unpaired) electrons. The summed E-state index contributed by atoms with van der Waals surface area (Å²) in [6.07, 6.45) is 0. The van der Waals surface area contributed by atoms with Crippen molar-refractivity contribution in [3.63, 3.8) is 0 Å². The maximum atomic E-state index is 2.78. The molecule has 0 bridgehead atoms. The van der Waals surface area contributed by atoms with Gasteiger partial charge in [-0.25, -0.2) is 0 Å². The van der Waals surface area contributed by atoms with Gasteiger partial charge in [-0.15, -0.1) is 0 Å². The number of anilines is 1. The molecular formula is C50H41BNS2. The first-order valence-electron chi connectivity index (χ1n) is 19.2. The molecule has 0 aliphatic carbocycles. The van der Waals surface area contributed by atoms with Gasteiger partial charge in [0, 0.05) is 25.3 Å². The molecule has 0 fully saturated rings. The molecule has 7 aromatic carbocycles. The van der Waals surface area contributed by atoms with Crippen LogP contribution < -0.4 is 21.3 Å². The molecule has 0 N–H and O–H groups in total. The Morgan fingerprint density at radius 3 is 1.52 bits per heavy atom. The average Bonchev–Trinajstić information content (AvgIpc) is 3.52. The SMILES string of the molecule is CC(C)c1cccc(C(C)C)c1N1[C](c2cc3c4c(c2)Sc2ccccc2B4c2ccccc2S3)c2ccccc2C1(c1ccccc1)c1ccccc1. The van der Waals surface area contributed by atoms with Gasteiger partial charge in [0.05, 0.1) is 0 Å². The zero-order valence-corrected chi connectivity index (χ0v) is 32.7. The lowest BCUT2D eigenvalue weighted by atomic mass is 9.36. The first kappa shape index (κ1) is 33.7. The molecule has 3 aliphatic rings. The first-order valence-corrected chi connectivity index (χ1v) is 20.8. The van der Waals surface area contributed by atoms with Gasteiger partial charge in [0.25, 0.3) is 0 Å². The van der Waals surface area contributed by atoms with Crippen LogP contribution in [-0.2, 0) is 5.54 Å². The summed E-state index contributed by atoms with van der Waals surface area (Å²) in [5.74, 6) is 0.634. The molecular weight excluding hydrogens is 690 g/mol. The maximum absolute atomic E-state index is 2.78. The Morgan fingerprint density at radius 2 is 0.981 bits per heavy atom. The van der Waals surface area contributed by atoms with Crippen LogP contribution in [0, 0.1) is 6.04 Å². The van der Waals surface area contributed by atoms with Crippen molar-refractivity contribution in [2.45, 2.75) is 64.7 Å². The lowest BCUT2D eigenvalue weighted by molar-refractivity contribution is 0.613. The van der Waals surface area contributed by atoms with Crippen LogP contribution in [0.5, 0.6) is 0 Å². The number of nitrogens with zero attached hydrogens (tertiary/aromatic N) is 1. The van der Waals surface area contributed by atoms with E-state index >= 15 is 0 Å². The minimum atomic E-state index is -0.627. The van der Waals surface area contributed by atoms with Gasteiger partial charge in [0.1, 0.15) is 11.6 Å². The molecule has 0 saturated carbocycles. The van der Waals surface area contributed by atoms with Crippen LogP contribution in [0.4, 0.5) is 5.69 Å². The Bertz CT molecular complexity index is 2410. The van der Waals surface area contributed by atoms with E-state index in [-0.39, 0.29) is 6.71 Å². The van der Waals surface area contributed by atoms with Crippen molar-refractivity contribution >= 4 is 52.3 Å². The van der Waals surface area contributed by atoms with Gasteiger partial charge >= 0.3 is 0 Å². The molecule has 54 heavy (non-hydrogen) atoms. The highest BCUT2D eigenvalue weighted by molar-refractivity contribution is 8.01. The second-order valence-corrected chi connectivity index (χ2v) is 17.5. The van der Waals surface area contributed by atoms with Crippen molar-refractivity contribution in [3.8, 4) is 0 Å². The quantitative estimate of drug-likeness (QED) is 0.157. The van der Waals surface area contributed by atoms with E-state index in [0.717, 1.165) is 0 Å². The highest BCUT2D eigenvalue weighted by atomic mass is 32.2. The molecule has 10 rings (SSSR count). The van der Waals surface area contributed by atoms with Gasteiger partial charge in [0.2, 0.25) is 6.71 Å². The summed E-state index contributed by atoms with van der Waals surface area (Å²) in [7, 11) is 0. The Morgan fingerprint density at radius 1 is 0.500 bits per heavy atom. The maximum Gasteiger partial charge on any atom is 0.247 e. The Hall–Kier alpha value is -4.90. The number of fused-ring (bicyclic) bond motifs is 5. The molecule has 0 amide bonds. The van der Waals surface area contributed by atoms with Gasteiger partial charge in [0.15, 0.2) is 0 Å². The molecule has 3 heterocycles. The lowest BCUT2D eigenvalue weighted by Gasteiger charge is -2.46. The fraction of sp³-hybridized carbons (Fsp3) is 0.140. The van der Waals surface area contributed by atoms with Gasteiger partial charge in [-0.05, 0) is 80.5 Å². The third-order valence-electron chi connectivity index (χ3n) is 11.6. The molecule has 7 aromatic rings. The number of hydrogen-bond donors (Lipinski definition) is 0. The summed E-state index contributed by atoms with van der Waals surface area (Å²) in [5.41, 5.74) is 14.1. The molecule has 0 atom stereocenters. The normalized spacial score (nSPS) is 15.2. The number of rotatable bonds is 6. The number of benzene rings is 7. The van der Waals surface area contributed by atoms with Crippen LogP contribution >= 0.6 is 23.5 Å².